The second-order valence-corrected chi connectivity index (χ2v) is 6.42. The standard InChI is InChI=1S/C19H18FN5O4/c1-12(10-27-13-6-7-16-17(8-13)29-11-28-16)21-18(26)9-25-23-19(22-24-25)14-4-2-3-5-15(14)20/h2-8,12H,9-11H2,1H3,(H,21,26). The van der Waals surface area contributed by atoms with Crippen LogP contribution in [0, 0.1) is 5.82 Å². The van der Waals surface area contributed by atoms with E-state index in [1.165, 1.54) is 6.07 Å². The Morgan fingerprint density at radius 2 is 2.10 bits per heavy atom. The summed E-state index contributed by atoms with van der Waals surface area (Å²) in [4.78, 5) is 13.3. The van der Waals surface area contributed by atoms with E-state index in [1.807, 2.05) is 6.92 Å². The van der Waals surface area contributed by atoms with Crippen LogP contribution in [0.4, 0.5) is 4.39 Å². The van der Waals surface area contributed by atoms with Crippen molar-refractivity contribution in [1.82, 2.24) is 25.5 Å². The van der Waals surface area contributed by atoms with Gasteiger partial charge in [0.2, 0.25) is 18.5 Å². The molecule has 2 aromatic carbocycles. The van der Waals surface area contributed by atoms with Crippen LogP contribution < -0.4 is 19.5 Å². The maximum atomic E-state index is 13.8. The second kappa shape index (κ2) is 8.13. The number of nitrogens with one attached hydrogen (secondary N) is 1. The number of amides is 1. The summed E-state index contributed by atoms with van der Waals surface area (Å²) in [7, 11) is 0. The number of hydrogen-bond donors (Lipinski definition) is 1. The van der Waals surface area contributed by atoms with Crippen molar-refractivity contribution in [2.24, 2.45) is 0 Å². The SMILES string of the molecule is CC(COc1ccc2c(c1)OCO2)NC(=O)Cn1nnc(-c2ccccc2F)n1. The van der Waals surface area contributed by atoms with Gasteiger partial charge in [0.25, 0.3) is 0 Å². The molecule has 1 unspecified atom stereocenters. The molecule has 0 aliphatic carbocycles. The van der Waals surface area contributed by atoms with Crippen LogP contribution in [0.15, 0.2) is 42.5 Å². The van der Waals surface area contributed by atoms with Crippen molar-refractivity contribution in [3.63, 3.8) is 0 Å². The molecule has 1 atom stereocenters. The zero-order chi connectivity index (χ0) is 20.2. The third-order valence-corrected chi connectivity index (χ3v) is 4.10. The van der Waals surface area contributed by atoms with E-state index in [4.69, 9.17) is 14.2 Å². The monoisotopic (exact) mass is 399 g/mol. The van der Waals surface area contributed by atoms with E-state index < -0.39 is 5.82 Å². The van der Waals surface area contributed by atoms with Crippen molar-refractivity contribution in [3.05, 3.63) is 48.3 Å². The smallest absolute Gasteiger partial charge is 0.244 e. The van der Waals surface area contributed by atoms with Crippen LogP contribution in [-0.4, -0.2) is 45.6 Å². The second-order valence-electron chi connectivity index (χ2n) is 6.42. The Hall–Kier alpha value is -3.69. The van der Waals surface area contributed by atoms with E-state index in [0.29, 0.717) is 17.2 Å². The summed E-state index contributed by atoms with van der Waals surface area (Å²) in [5, 5.41) is 14.4. The summed E-state index contributed by atoms with van der Waals surface area (Å²) < 4.78 is 30.0. The Kier molecular flexibility index (Phi) is 5.23. The molecular weight excluding hydrogens is 381 g/mol. The van der Waals surface area contributed by atoms with Gasteiger partial charge in [0.15, 0.2) is 11.5 Å². The first-order valence-corrected chi connectivity index (χ1v) is 8.93. The Labute approximate surface area is 165 Å². The molecule has 4 rings (SSSR count). The number of tetrazole rings is 1. The average molecular weight is 399 g/mol. The number of aromatic nitrogens is 4. The first-order chi connectivity index (χ1) is 14.1. The van der Waals surface area contributed by atoms with Crippen molar-refractivity contribution in [3.8, 4) is 28.6 Å². The maximum Gasteiger partial charge on any atom is 0.244 e. The summed E-state index contributed by atoms with van der Waals surface area (Å²) in [5.41, 5.74) is 0.227. The van der Waals surface area contributed by atoms with E-state index >= 15 is 0 Å². The molecule has 0 saturated carbocycles. The van der Waals surface area contributed by atoms with Crippen LogP contribution in [0.5, 0.6) is 17.2 Å². The summed E-state index contributed by atoms with van der Waals surface area (Å²) in [6.45, 7) is 2.12. The molecule has 9 nitrogen and oxygen atoms in total. The fraction of sp³-hybridized carbons (Fsp3) is 0.263. The number of hydrogen-bond acceptors (Lipinski definition) is 7. The first kappa shape index (κ1) is 18.7. The van der Waals surface area contributed by atoms with Crippen molar-refractivity contribution < 1.29 is 23.4 Å². The number of ether oxygens (including phenoxy) is 3. The lowest BCUT2D eigenvalue weighted by molar-refractivity contribution is -0.122. The van der Waals surface area contributed by atoms with E-state index in [2.05, 4.69) is 20.7 Å². The van der Waals surface area contributed by atoms with Gasteiger partial charge in [-0.25, -0.2) is 4.39 Å². The molecule has 0 fully saturated rings. The van der Waals surface area contributed by atoms with Crippen molar-refractivity contribution in [2.45, 2.75) is 19.5 Å². The van der Waals surface area contributed by atoms with Gasteiger partial charge in [-0.1, -0.05) is 12.1 Å². The minimum absolute atomic E-state index is 0.120. The number of benzene rings is 2. The molecule has 1 aliphatic heterocycles. The van der Waals surface area contributed by atoms with Crippen molar-refractivity contribution >= 4 is 5.91 Å². The number of carbonyl (C=O) groups excluding carboxylic acids is 1. The Bertz CT molecular complexity index is 1030. The molecule has 2 heterocycles. The van der Waals surface area contributed by atoms with E-state index in [0.717, 1.165) is 4.80 Å². The molecule has 0 radical (unpaired) electrons. The minimum Gasteiger partial charge on any atom is -0.491 e. The quantitative estimate of drug-likeness (QED) is 0.646. The maximum absolute atomic E-state index is 13.8. The lowest BCUT2D eigenvalue weighted by Gasteiger charge is -2.15. The molecule has 1 aromatic heterocycles. The van der Waals surface area contributed by atoms with Crippen LogP contribution in [0.25, 0.3) is 11.4 Å². The van der Waals surface area contributed by atoms with Gasteiger partial charge in [0.1, 0.15) is 24.7 Å². The lowest BCUT2D eigenvalue weighted by atomic mass is 10.2. The molecule has 29 heavy (non-hydrogen) atoms. The van der Waals surface area contributed by atoms with Gasteiger partial charge < -0.3 is 19.5 Å². The van der Waals surface area contributed by atoms with Gasteiger partial charge in [-0.3, -0.25) is 4.79 Å². The summed E-state index contributed by atoms with van der Waals surface area (Å²) in [5.74, 6) is 1.27. The number of carbonyl (C=O) groups is 1. The molecular formula is C19H18FN5O4. The largest absolute Gasteiger partial charge is 0.491 e. The Morgan fingerprint density at radius 3 is 2.97 bits per heavy atom. The third-order valence-electron chi connectivity index (χ3n) is 4.10. The third kappa shape index (κ3) is 4.42. The molecule has 10 heteroatoms. The number of rotatable bonds is 7. The topological polar surface area (TPSA) is 100 Å². The van der Waals surface area contributed by atoms with Gasteiger partial charge in [0.05, 0.1) is 11.6 Å². The normalized spacial score (nSPS) is 13.2. The molecule has 150 valence electrons. The lowest BCUT2D eigenvalue weighted by Crippen LogP contribution is -2.39. The number of fused-ring (bicyclic) bond motifs is 1. The molecule has 0 spiro atoms. The van der Waals surface area contributed by atoms with Gasteiger partial charge in [-0.05, 0) is 36.4 Å². The van der Waals surface area contributed by atoms with Gasteiger partial charge in [0, 0.05) is 6.07 Å². The molecule has 1 amide bonds. The number of nitrogens with zero attached hydrogens (tertiary/aromatic N) is 4. The van der Waals surface area contributed by atoms with E-state index in [9.17, 15) is 9.18 Å². The first-order valence-electron chi connectivity index (χ1n) is 8.93. The zero-order valence-electron chi connectivity index (χ0n) is 15.5. The van der Waals surface area contributed by atoms with Crippen molar-refractivity contribution in [1.29, 1.82) is 0 Å². The van der Waals surface area contributed by atoms with Crippen LogP contribution in [0.1, 0.15) is 6.92 Å². The fourth-order valence-corrected chi connectivity index (χ4v) is 2.74. The molecule has 1 aliphatic rings. The zero-order valence-corrected chi connectivity index (χ0v) is 15.5. The molecule has 0 saturated heterocycles. The summed E-state index contributed by atoms with van der Waals surface area (Å²) in [6, 6.07) is 11.1. The van der Waals surface area contributed by atoms with Gasteiger partial charge >= 0.3 is 0 Å². The molecule has 0 bridgehead atoms. The van der Waals surface area contributed by atoms with Gasteiger partial charge in [-0.15, -0.1) is 10.2 Å². The summed E-state index contributed by atoms with van der Waals surface area (Å²) >= 11 is 0. The fourth-order valence-electron chi connectivity index (χ4n) is 2.74. The predicted octanol–water partition coefficient (Wildman–Crippen LogP) is 1.79. The highest BCUT2D eigenvalue weighted by molar-refractivity contribution is 5.75. The predicted molar refractivity (Wildman–Crippen MR) is 98.9 cm³/mol. The van der Waals surface area contributed by atoms with Crippen LogP contribution >= 0.6 is 0 Å². The molecule has 1 N–H and O–H groups in total. The van der Waals surface area contributed by atoms with E-state index in [1.54, 1.807) is 36.4 Å². The number of halogens is 1. The Morgan fingerprint density at radius 1 is 1.28 bits per heavy atom. The Balaban J connectivity index is 1.28. The van der Waals surface area contributed by atoms with Crippen molar-refractivity contribution in [2.75, 3.05) is 13.4 Å². The highest BCUT2D eigenvalue weighted by atomic mass is 19.1. The highest BCUT2D eigenvalue weighted by Gasteiger charge is 2.16. The summed E-state index contributed by atoms with van der Waals surface area (Å²) in [6.07, 6.45) is 0. The van der Waals surface area contributed by atoms with Crippen LogP contribution in [0.3, 0.4) is 0 Å². The van der Waals surface area contributed by atoms with Gasteiger partial charge in [-0.2, -0.15) is 4.80 Å². The molecule has 3 aromatic rings. The minimum atomic E-state index is -0.453. The van der Waals surface area contributed by atoms with Crippen LogP contribution in [-0.2, 0) is 11.3 Å². The van der Waals surface area contributed by atoms with E-state index in [-0.39, 0.29) is 43.3 Å². The highest BCUT2D eigenvalue weighted by Crippen LogP contribution is 2.35. The van der Waals surface area contributed by atoms with Crippen LogP contribution in [0.2, 0.25) is 0 Å². The average Bonchev–Trinajstić information content (AvgIpc) is 3.35.